The van der Waals surface area contributed by atoms with Gasteiger partial charge in [-0.1, -0.05) is 31.5 Å². The number of nitrogens with zero attached hydrogens (tertiary/aromatic N) is 3. The fourth-order valence-corrected chi connectivity index (χ4v) is 3.89. The number of pyridine rings is 1. The number of benzene rings is 1. The number of carbonyl (C=O) groups is 1. The van der Waals surface area contributed by atoms with Crippen LogP contribution in [0.4, 0.5) is 14.5 Å². The molecule has 156 valence electrons. The van der Waals surface area contributed by atoms with Crippen LogP contribution in [0, 0.1) is 17.6 Å². The Kier molecular flexibility index (Phi) is 5.19. The van der Waals surface area contributed by atoms with E-state index in [4.69, 9.17) is 16.3 Å². The summed E-state index contributed by atoms with van der Waals surface area (Å²) in [5.41, 5.74) is 1.90. The van der Waals surface area contributed by atoms with Crippen LogP contribution in [0.1, 0.15) is 47.2 Å². The van der Waals surface area contributed by atoms with Crippen LogP contribution in [0.3, 0.4) is 0 Å². The monoisotopic (exact) mass is 432 g/mol. The maximum atomic E-state index is 14.9. The summed E-state index contributed by atoms with van der Waals surface area (Å²) in [7, 11) is 1.30. The minimum absolute atomic E-state index is 0.178. The lowest BCUT2D eigenvalue weighted by Gasteiger charge is -2.27. The largest absolute Gasteiger partial charge is 0.479 e. The van der Waals surface area contributed by atoms with Crippen molar-refractivity contribution in [3.8, 4) is 5.88 Å². The molecule has 1 amide bonds. The third-order valence-electron chi connectivity index (χ3n) is 4.97. The van der Waals surface area contributed by atoms with Gasteiger partial charge in [-0.15, -0.1) is 0 Å². The quantitative estimate of drug-likeness (QED) is 0.634. The molecule has 4 rings (SSSR count). The second-order valence-electron chi connectivity index (χ2n) is 7.49. The number of ether oxygens (including phenoxy) is 1. The zero-order chi connectivity index (χ0) is 21.6. The minimum atomic E-state index is -0.841. The molecule has 30 heavy (non-hydrogen) atoms. The maximum absolute atomic E-state index is 14.9. The first-order valence-electron chi connectivity index (χ1n) is 9.37. The van der Waals surface area contributed by atoms with Gasteiger partial charge in [0.25, 0.3) is 5.91 Å². The number of hydrogen-bond acceptors (Lipinski definition) is 4. The van der Waals surface area contributed by atoms with Crippen LogP contribution in [0.25, 0.3) is 0 Å². The van der Waals surface area contributed by atoms with Crippen molar-refractivity contribution in [2.45, 2.75) is 26.3 Å². The molecule has 0 saturated heterocycles. The topological polar surface area (TPSA) is 71.1 Å². The van der Waals surface area contributed by atoms with Gasteiger partial charge in [-0.05, 0) is 24.5 Å². The Bertz CT molecular complexity index is 1130. The molecule has 6 nitrogen and oxygen atoms in total. The van der Waals surface area contributed by atoms with Gasteiger partial charge in [0.05, 0.1) is 30.7 Å². The van der Waals surface area contributed by atoms with Gasteiger partial charge < -0.3 is 4.74 Å². The molecule has 0 spiro atoms. The van der Waals surface area contributed by atoms with Crippen LogP contribution in [0.2, 0.25) is 5.02 Å². The Hall–Kier alpha value is -3.00. The molecule has 0 aliphatic carbocycles. The summed E-state index contributed by atoms with van der Waals surface area (Å²) >= 11 is 5.93. The number of nitrogens with one attached hydrogen (secondary N) is 1. The number of anilines is 1. The fourth-order valence-electron chi connectivity index (χ4n) is 3.74. The van der Waals surface area contributed by atoms with E-state index in [1.54, 1.807) is 6.07 Å². The number of hydrogen-bond donors (Lipinski definition) is 1. The van der Waals surface area contributed by atoms with Crippen molar-refractivity contribution in [3.05, 3.63) is 69.6 Å². The van der Waals surface area contributed by atoms with Crippen molar-refractivity contribution in [1.29, 1.82) is 0 Å². The molecule has 9 heteroatoms. The summed E-state index contributed by atoms with van der Waals surface area (Å²) in [5.74, 6) is -1.68. The average molecular weight is 433 g/mol. The van der Waals surface area contributed by atoms with E-state index >= 15 is 0 Å². The van der Waals surface area contributed by atoms with Crippen LogP contribution in [0.5, 0.6) is 5.88 Å². The molecule has 3 aromatic rings. The van der Waals surface area contributed by atoms with Gasteiger partial charge in [0.1, 0.15) is 11.5 Å². The van der Waals surface area contributed by atoms with Gasteiger partial charge in [0.2, 0.25) is 5.88 Å². The third kappa shape index (κ3) is 3.31. The predicted octanol–water partition coefficient (Wildman–Crippen LogP) is 4.69. The lowest BCUT2D eigenvalue weighted by molar-refractivity contribution is 0.0988. The SMILES string of the molecule is COc1ncc(N2C(=O)c3[nH]nc(CC(C)C)c3C2c2ccc(Cl)cc2F)cc1F. The van der Waals surface area contributed by atoms with E-state index in [1.165, 1.54) is 30.3 Å². The molecule has 0 fully saturated rings. The van der Waals surface area contributed by atoms with E-state index in [9.17, 15) is 13.6 Å². The van der Waals surface area contributed by atoms with Crippen LogP contribution >= 0.6 is 11.6 Å². The highest BCUT2D eigenvalue weighted by Crippen LogP contribution is 2.44. The summed E-state index contributed by atoms with van der Waals surface area (Å²) in [6.07, 6.45) is 1.91. The number of amides is 1. The highest BCUT2D eigenvalue weighted by molar-refractivity contribution is 6.30. The van der Waals surface area contributed by atoms with E-state index in [0.717, 1.165) is 6.07 Å². The number of fused-ring (bicyclic) bond motifs is 1. The molecule has 1 N–H and O–H groups in total. The smallest absolute Gasteiger partial charge is 0.277 e. The second-order valence-corrected chi connectivity index (χ2v) is 7.92. The van der Waals surface area contributed by atoms with Crippen LogP contribution in [0.15, 0.2) is 30.5 Å². The van der Waals surface area contributed by atoms with E-state index in [-0.39, 0.29) is 33.8 Å². The predicted molar refractivity (Wildman–Crippen MR) is 108 cm³/mol. The van der Waals surface area contributed by atoms with Gasteiger partial charge in [-0.25, -0.2) is 13.8 Å². The number of aromatic nitrogens is 3. The van der Waals surface area contributed by atoms with Crippen LogP contribution in [-0.4, -0.2) is 28.2 Å². The van der Waals surface area contributed by atoms with Crippen molar-refractivity contribution >= 4 is 23.2 Å². The first kappa shape index (κ1) is 20.3. The molecule has 3 heterocycles. The summed E-state index contributed by atoms with van der Waals surface area (Å²) in [4.78, 5) is 18.5. The van der Waals surface area contributed by atoms with Crippen LogP contribution in [-0.2, 0) is 6.42 Å². The molecule has 1 aromatic carbocycles. The maximum Gasteiger partial charge on any atom is 0.277 e. The van der Waals surface area contributed by atoms with Gasteiger partial charge in [0, 0.05) is 22.2 Å². The number of carbonyl (C=O) groups excluding carboxylic acids is 1. The van der Waals surface area contributed by atoms with Gasteiger partial charge in [-0.3, -0.25) is 14.8 Å². The van der Waals surface area contributed by atoms with Crippen molar-refractivity contribution in [2.24, 2.45) is 5.92 Å². The van der Waals surface area contributed by atoms with E-state index in [2.05, 4.69) is 15.2 Å². The average Bonchev–Trinajstić information content (AvgIpc) is 3.21. The lowest BCUT2D eigenvalue weighted by atomic mass is 9.95. The second kappa shape index (κ2) is 7.68. The number of rotatable bonds is 5. The molecule has 1 aliphatic rings. The molecule has 2 aromatic heterocycles. The Balaban J connectivity index is 1.91. The van der Waals surface area contributed by atoms with Gasteiger partial charge >= 0.3 is 0 Å². The Morgan fingerprint density at radius 1 is 1.27 bits per heavy atom. The van der Waals surface area contributed by atoms with Crippen LogP contribution < -0.4 is 9.64 Å². The minimum Gasteiger partial charge on any atom is -0.479 e. The number of halogens is 3. The molecule has 1 aliphatic heterocycles. The molecule has 0 bridgehead atoms. The van der Waals surface area contributed by atoms with Crippen molar-refractivity contribution in [3.63, 3.8) is 0 Å². The molecule has 1 atom stereocenters. The van der Waals surface area contributed by atoms with E-state index < -0.39 is 23.6 Å². The first-order chi connectivity index (χ1) is 14.3. The van der Waals surface area contributed by atoms with Gasteiger partial charge in [-0.2, -0.15) is 5.10 Å². The van der Waals surface area contributed by atoms with Crippen molar-refractivity contribution in [2.75, 3.05) is 12.0 Å². The first-order valence-corrected chi connectivity index (χ1v) is 9.74. The fraction of sp³-hybridized carbons (Fsp3) is 0.286. The number of H-pyrrole nitrogens is 1. The zero-order valence-electron chi connectivity index (χ0n) is 16.5. The Labute approximate surface area is 176 Å². The molecular formula is C21H19ClF2N4O2. The van der Waals surface area contributed by atoms with Crippen molar-refractivity contribution < 1.29 is 18.3 Å². The van der Waals surface area contributed by atoms with Gasteiger partial charge in [0.15, 0.2) is 5.82 Å². The molecular weight excluding hydrogens is 414 g/mol. The zero-order valence-corrected chi connectivity index (χ0v) is 17.3. The van der Waals surface area contributed by atoms with E-state index in [0.29, 0.717) is 17.7 Å². The number of aromatic amines is 1. The Morgan fingerprint density at radius 2 is 2.03 bits per heavy atom. The van der Waals surface area contributed by atoms with E-state index in [1.807, 2.05) is 13.8 Å². The standard InChI is InChI=1S/C21H19ClF2N4O2/c1-10(2)6-16-17-18(27-26-16)21(29)28(12-8-15(24)20(30-3)25-9-12)19(17)13-5-4-11(22)7-14(13)23/h4-5,7-10,19H,6H2,1-3H3,(H,26,27). The summed E-state index contributed by atoms with van der Waals surface area (Å²) in [5, 5.41) is 7.31. The third-order valence-corrected chi connectivity index (χ3v) is 5.21. The summed E-state index contributed by atoms with van der Waals surface area (Å²) in [6, 6.07) is 4.57. The summed E-state index contributed by atoms with van der Waals surface area (Å²) < 4.78 is 34.2. The highest BCUT2D eigenvalue weighted by atomic mass is 35.5. The highest BCUT2D eigenvalue weighted by Gasteiger charge is 2.44. The lowest BCUT2D eigenvalue weighted by Crippen LogP contribution is -2.30. The normalized spacial score (nSPS) is 15.8. The molecule has 1 unspecified atom stereocenters. The molecule has 0 saturated carbocycles. The summed E-state index contributed by atoms with van der Waals surface area (Å²) in [6.45, 7) is 4.05. The van der Waals surface area contributed by atoms with Crippen molar-refractivity contribution in [1.82, 2.24) is 15.2 Å². The molecule has 0 radical (unpaired) electrons. The number of methoxy groups -OCH3 is 1. The Morgan fingerprint density at radius 3 is 2.67 bits per heavy atom.